The van der Waals surface area contributed by atoms with Crippen LogP contribution in [0.5, 0.6) is 11.5 Å². The predicted octanol–water partition coefficient (Wildman–Crippen LogP) is 3.56. The Kier molecular flexibility index (Phi) is 5.59. The summed E-state index contributed by atoms with van der Waals surface area (Å²) < 4.78 is 10.6. The number of hydrogen-bond donors (Lipinski definition) is 1. The van der Waals surface area contributed by atoms with Crippen LogP contribution >= 0.6 is 11.3 Å². The molecule has 2 aliphatic rings. The summed E-state index contributed by atoms with van der Waals surface area (Å²) in [6.07, 6.45) is 1.67. The number of ether oxygens (including phenoxy) is 2. The van der Waals surface area contributed by atoms with Gasteiger partial charge in [-0.25, -0.2) is 0 Å². The molecule has 1 N–H and O–H groups in total. The van der Waals surface area contributed by atoms with Crippen LogP contribution in [0.1, 0.15) is 44.1 Å². The fourth-order valence-corrected chi connectivity index (χ4v) is 4.86. The van der Waals surface area contributed by atoms with E-state index < -0.39 is 0 Å². The van der Waals surface area contributed by atoms with Gasteiger partial charge in [0.1, 0.15) is 5.01 Å². The minimum absolute atomic E-state index is 0.0391. The zero-order valence-corrected chi connectivity index (χ0v) is 19.1. The van der Waals surface area contributed by atoms with Gasteiger partial charge in [-0.2, -0.15) is 0 Å². The molecular weight excluding hydrogens is 442 g/mol. The Hall–Kier alpha value is -3.66. The number of anilines is 2. The molecule has 0 radical (unpaired) electrons. The summed E-state index contributed by atoms with van der Waals surface area (Å²) in [5.41, 5.74) is 2.19. The lowest BCUT2D eigenvalue weighted by molar-refractivity contribution is 0.0735. The fourth-order valence-electron chi connectivity index (χ4n) is 3.97. The van der Waals surface area contributed by atoms with Crippen molar-refractivity contribution in [1.29, 1.82) is 0 Å². The van der Waals surface area contributed by atoms with Crippen molar-refractivity contribution in [3.8, 4) is 11.5 Å². The first-order chi connectivity index (χ1) is 16.0. The minimum Gasteiger partial charge on any atom is -0.454 e. The highest BCUT2D eigenvalue weighted by Crippen LogP contribution is 2.36. The monoisotopic (exact) mass is 465 g/mol. The summed E-state index contributed by atoms with van der Waals surface area (Å²) in [5.74, 6) is 0.840. The van der Waals surface area contributed by atoms with Gasteiger partial charge >= 0.3 is 0 Å². The maximum absolute atomic E-state index is 13.2. The summed E-state index contributed by atoms with van der Waals surface area (Å²) in [6, 6.07) is 12.6. The molecule has 10 heteroatoms. The van der Waals surface area contributed by atoms with Gasteiger partial charge in [0.2, 0.25) is 11.8 Å². The topological polar surface area (TPSA) is 96.9 Å². The molecule has 170 valence electrons. The van der Waals surface area contributed by atoms with Gasteiger partial charge in [-0.05, 0) is 43.2 Å². The van der Waals surface area contributed by atoms with E-state index in [9.17, 15) is 9.59 Å². The van der Waals surface area contributed by atoms with Gasteiger partial charge in [0.25, 0.3) is 11.8 Å². The Balaban J connectivity index is 1.31. The Morgan fingerprint density at radius 3 is 2.82 bits per heavy atom. The number of carbonyl (C=O) groups is 2. The van der Waals surface area contributed by atoms with E-state index in [0.717, 1.165) is 18.5 Å². The van der Waals surface area contributed by atoms with Crippen molar-refractivity contribution in [3.63, 3.8) is 0 Å². The van der Waals surface area contributed by atoms with Crippen LogP contribution in [0.3, 0.4) is 0 Å². The Bertz CT molecular complexity index is 1210. The highest BCUT2D eigenvalue weighted by atomic mass is 32.1. The highest BCUT2D eigenvalue weighted by molar-refractivity contribution is 7.13. The smallest absolute Gasteiger partial charge is 0.286 e. The molecule has 1 fully saturated rings. The third-order valence-corrected chi connectivity index (χ3v) is 6.70. The number of hydrogen-bond acceptors (Lipinski definition) is 8. The zero-order valence-electron chi connectivity index (χ0n) is 18.3. The summed E-state index contributed by atoms with van der Waals surface area (Å²) >= 11 is 1.22. The predicted molar refractivity (Wildman–Crippen MR) is 124 cm³/mol. The number of nitrogens with one attached hydrogen (secondary N) is 1. The van der Waals surface area contributed by atoms with Crippen LogP contribution in [0.25, 0.3) is 0 Å². The van der Waals surface area contributed by atoms with Crippen LogP contribution < -0.4 is 19.7 Å². The maximum Gasteiger partial charge on any atom is 0.286 e. The first-order valence-electron chi connectivity index (χ1n) is 10.6. The molecule has 0 bridgehead atoms. The van der Waals surface area contributed by atoms with Crippen molar-refractivity contribution in [2.75, 3.05) is 37.6 Å². The van der Waals surface area contributed by atoms with Gasteiger partial charge in [0, 0.05) is 43.6 Å². The third kappa shape index (κ3) is 4.21. The van der Waals surface area contributed by atoms with E-state index in [1.165, 1.54) is 11.3 Å². The minimum atomic E-state index is -0.354. The van der Waals surface area contributed by atoms with E-state index in [1.807, 2.05) is 48.2 Å². The number of carbonyl (C=O) groups excluding carboxylic acids is 2. The Labute approximate surface area is 194 Å². The van der Waals surface area contributed by atoms with Crippen molar-refractivity contribution >= 4 is 34.5 Å². The molecule has 33 heavy (non-hydrogen) atoms. The van der Waals surface area contributed by atoms with Crippen molar-refractivity contribution in [2.24, 2.45) is 0 Å². The molecule has 0 spiro atoms. The normalized spacial score (nSPS) is 16.7. The van der Waals surface area contributed by atoms with Crippen LogP contribution in [0, 0.1) is 0 Å². The van der Waals surface area contributed by atoms with Gasteiger partial charge in [0.15, 0.2) is 11.5 Å². The van der Waals surface area contributed by atoms with Gasteiger partial charge in [-0.1, -0.05) is 17.4 Å². The van der Waals surface area contributed by atoms with Crippen LogP contribution in [0.4, 0.5) is 11.4 Å². The lowest BCUT2D eigenvalue weighted by Crippen LogP contribution is -2.30. The molecule has 3 heterocycles. The first-order valence-corrected chi connectivity index (χ1v) is 11.4. The number of amides is 2. The molecule has 9 nitrogen and oxygen atoms in total. The zero-order chi connectivity index (χ0) is 22.9. The van der Waals surface area contributed by atoms with E-state index in [1.54, 1.807) is 18.2 Å². The fraction of sp³-hybridized carbons (Fsp3) is 0.304. The maximum atomic E-state index is 13.2. The molecule has 1 aromatic heterocycles. The van der Waals surface area contributed by atoms with Gasteiger partial charge < -0.3 is 24.6 Å². The molecule has 2 aromatic carbocycles. The number of likely N-dealkylation sites (tertiary alicyclic amines) is 1. The van der Waals surface area contributed by atoms with Gasteiger partial charge in [0.05, 0.1) is 6.04 Å². The summed E-state index contributed by atoms with van der Waals surface area (Å²) in [6.45, 7) is 0.816. The van der Waals surface area contributed by atoms with Crippen LogP contribution in [0.2, 0.25) is 0 Å². The summed E-state index contributed by atoms with van der Waals surface area (Å²) in [4.78, 5) is 29.8. The van der Waals surface area contributed by atoms with Crippen molar-refractivity contribution < 1.29 is 19.1 Å². The van der Waals surface area contributed by atoms with E-state index in [0.29, 0.717) is 34.3 Å². The Morgan fingerprint density at radius 1 is 1.12 bits per heavy atom. The van der Waals surface area contributed by atoms with E-state index in [2.05, 4.69) is 15.5 Å². The summed E-state index contributed by atoms with van der Waals surface area (Å²) in [5, 5.41) is 12.1. The Morgan fingerprint density at radius 2 is 1.97 bits per heavy atom. The van der Waals surface area contributed by atoms with Crippen LogP contribution in [0.15, 0.2) is 42.5 Å². The average Bonchev–Trinajstić information content (AvgIpc) is 3.58. The van der Waals surface area contributed by atoms with Gasteiger partial charge in [-0.3, -0.25) is 9.59 Å². The van der Waals surface area contributed by atoms with E-state index >= 15 is 0 Å². The van der Waals surface area contributed by atoms with Crippen molar-refractivity contribution in [2.45, 2.75) is 18.9 Å². The van der Waals surface area contributed by atoms with Crippen molar-refractivity contribution in [1.82, 2.24) is 15.1 Å². The number of rotatable bonds is 5. The molecule has 0 saturated carbocycles. The molecule has 3 aromatic rings. The lowest BCUT2D eigenvalue weighted by Gasteiger charge is -2.23. The van der Waals surface area contributed by atoms with Crippen LogP contribution in [-0.4, -0.2) is 54.3 Å². The lowest BCUT2D eigenvalue weighted by atomic mass is 10.1. The summed E-state index contributed by atoms with van der Waals surface area (Å²) in [7, 11) is 3.89. The van der Waals surface area contributed by atoms with Crippen LogP contribution in [-0.2, 0) is 0 Å². The second-order valence-corrected chi connectivity index (χ2v) is 9.08. The molecule has 5 rings (SSSR count). The van der Waals surface area contributed by atoms with E-state index in [4.69, 9.17) is 9.47 Å². The molecule has 0 aliphatic carbocycles. The largest absolute Gasteiger partial charge is 0.454 e. The number of nitrogens with zero attached hydrogens (tertiary/aromatic N) is 4. The van der Waals surface area contributed by atoms with E-state index in [-0.39, 0.29) is 29.7 Å². The van der Waals surface area contributed by atoms with Gasteiger partial charge in [-0.15, -0.1) is 10.2 Å². The highest BCUT2D eigenvalue weighted by Gasteiger charge is 2.34. The third-order valence-electron chi connectivity index (χ3n) is 5.67. The van der Waals surface area contributed by atoms with Crippen molar-refractivity contribution in [3.05, 3.63) is 58.0 Å². The number of benzene rings is 2. The number of aromatic nitrogens is 2. The molecule has 1 saturated heterocycles. The second kappa shape index (κ2) is 8.70. The standard InChI is InChI=1S/C23H23N5O4S/c1-27(2)16-6-3-5-14(11-16)23(30)28-10-4-7-17(28)21-25-26-22(33-21)20(29)24-15-8-9-18-19(12-15)32-13-31-18/h3,5-6,8-9,11-12,17H,4,7,10,13H2,1-2H3,(H,24,29)/t17-/m0/s1. The molecular formula is C23H23N5O4S. The first kappa shape index (κ1) is 21.2. The SMILES string of the molecule is CN(C)c1cccc(C(=O)N2CCC[C@H]2c2nnc(C(=O)Nc3ccc4c(c3)OCO4)s2)c1. The number of fused-ring (bicyclic) bond motifs is 1. The quantitative estimate of drug-likeness (QED) is 0.615. The molecule has 2 amide bonds. The molecule has 1 atom stereocenters. The average molecular weight is 466 g/mol. The molecule has 0 unspecified atom stereocenters. The second-order valence-electron chi connectivity index (χ2n) is 8.07. The molecule has 2 aliphatic heterocycles.